The zero-order valence-electron chi connectivity index (χ0n) is 8.78. The zero-order valence-corrected chi connectivity index (χ0v) is 8.78. The Hall–Kier alpha value is -0.810. The summed E-state index contributed by atoms with van der Waals surface area (Å²) >= 11 is 0. The van der Waals surface area contributed by atoms with Gasteiger partial charge in [-0.25, -0.2) is 4.79 Å². The van der Waals surface area contributed by atoms with Gasteiger partial charge in [-0.2, -0.15) is 0 Å². The van der Waals surface area contributed by atoms with E-state index in [1.807, 2.05) is 0 Å². The molecule has 0 aromatic rings. The molecule has 0 aromatic carbocycles. The fraction of sp³-hybridized carbons (Fsp3) is 0.900. The number of hydrogen-bond donors (Lipinski definition) is 2. The summed E-state index contributed by atoms with van der Waals surface area (Å²) < 4.78 is 10.4. The third-order valence-electron chi connectivity index (χ3n) is 3.05. The van der Waals surface area contributed by atoms with E-state index in [9.17, 15) is 4.79 Å². The molecule has 1 amide bonds. The average Bonchev–Trinajstić information content (AvgIpc) is 2.63. The minimum absolute atomic E-state index is 0.0703. The first-order valence-electron chi connectivity index (χ1n) is 5.53. The van der Waals surface area contributed by atoms with Gasteiger partial charge in [-0.05, 0) is 31.7 Å². The molecule has 2 aliphatic rings. The van der Waals surface area contributed by atoms with Crippen molar-refractivity contribution in [2.24, 2.45) is 11.7 Å². The number of nitrogens with two attached hydrogens (primary N) is 1. The highest BCUT2D eigenvalue weighted by molar-refractivity contribution is 5.67. The second-order valence-corrected chi connectivity index (χ2v) is 4.31. The largest absolute Gasteiger partial charge is 0.446 e. The Labute approximate surface area is 89.3 Å². The van der Waals surface area contributed by atoms with Crippen molar-refractivity contribution in [2.45, 2.75) is 31.4 Å². The van der Waals surface area contributed by atoms with Crippen molar-refractivity contribution in [1.29, 1.82) is 0 Å². The number of rotatable bonds is 3. The number of ether oxygens (including phenoxy) is 2. The summed E-state index contributed by atoms with van der Waals surface area (Å²) in [6, 6.07) is 0.128. The number of nitrogens with one attached hydrogen (secondary N) is 1. The van der Waals surface area contributed by atoms with Gasteiger partial charge in [0, 0.05) is 6.61 Å². The maximum atomic E-state index is 11.4. The Morgan fingerprint density at radius 3 is 2.93 bits per heavy atom. The molecule has 0 radical (unpaired) electrons. The quantitative estimate of drug-likeness (QED) is 0.705. The molecule has 1 unspecified atom stereocenters. The summed E-state index contributed by atoms with van der Waals surface area (Å²) in [5, 5.41) is 2.79. The van der Waals surface area contributed by atoms with Gasteiger partial charge in [0.05, 0.1) is 12.6 Å². The van der Waals surface area contributed by atoms with Crippen molar-refractivity contribution in [1.82, 2.24) is 5.32 Å². The number of carbonyl (C=O) groups excluding carboxylic acids is 1. The van der Waals surface area contributed by atoms with Crippen LogP contribution in [0.2, 0.25) is 0 Å². The molecule has 15 heavy (non-hydrogen) atoms. The van der Waals surface area contributed by atoms with E-state index in [-0.39, 0.29) is 18.2 Å². The lowest BCUT2D eigenvalue weighted by molar-refractivity contribution is 0.0185. The molecule has 2 fully saturated rings. The van der Waals surface area contributed by atoms with Crippen LogP contribution < -0.4 is 11.1 Å². The molecular formula is C10H18N2O3. The molecule has 1 heterocycles. The lowest BCUT2D eigenvalue weighted by Crippen LogP contribution is -2.42. The van der Waals surface area contributed by atoms with Crippen molar-refractivity contribution >= 4 is 6.09 Å². The standard InChI is InChI=1S/C10H18N2O3/c11-5-7-3-9(4-7)15-10(13)12-8-1-2-14-6-8/h7-9H,1-6,11H2,(H,12,13). The molecule has 1 aliphatic heterocycles. The highest BCUT2D eigenvalue weighted by Gasteiger charge is 2.31. The summed E-state index contributed by atoms with van der Waals surface area (Å²) in [7, 11) is 0. The third-order valence-corrected chi connectivity index (χ3v) is 3.05. The van der Waals surface area contributed by atoms with Crippen molar-refractivity contribution < 1.29 is 14.3 Å². The SMILES string of the molecule is NCC1CC(OC(=O)NC2CCOC2)C1. The van der Waals surface area contributed by atoms with Crippen molar-refractivity contribution in [3.63, 3.8) is 0 Å². The Morgan fingerprint density at radius 1 is 1.53 bits per heavy atom. The summed E-state index contributed by atoms with van der Waals surface area (Å²) in [4.78, 5) is 11.4. The first-order chi connectivity index (χ1) is 7.28. The van der Waals surface area contributed by atoms with Crippen molar-refractivity contribution in [3.05, 3.63) is 0 Å². The molecule has 5 nitrogen and oxygen atoms in total. The van der Waals surface area contributed by atoms with Crippen LogP contribution in [0.4, 0.5) is 4.79 Å². The summed E-state index contributed by atoms with van der Waals surface area (Å²) in [6.45, 7) is 2.02. The first-order valence-corrected chi connectivity index (χ1v) is 5.53. The van der Waals surface area contributed by atoms with Gasteiger partial charge in [-0.15, -0.1) is 0 Å². The van der Waals surface area contributed by atoms with E-state index in [0.29, 0.717) is 19.1 Å². The minimum Gasteiger partial charge on any atom is -0.446 e. The van der Waals surface area contributed by atoms with Gasteiger partial charge in [0.15, 0.2) is 0 Å². The van der Waals surface area contributed by atoms with Crippen LogP contribution in [0.3, 0.4) is 0 Å². The monoisotopic (exact) mass is 214 g/mol. The second kappa shape index (κ2) is 4.81. The molecule has 3 N–H and O–H groups in total. The molecule has 0 spiro atoms. The number of alkyl carbamates (subject to hydrolysis) is 1. The second-order valence-electron chi connectivity index (χ2n) is 4.31. The summed E-state index contributed by atoms with van der Waals surface area (Å²) in [5.41, 5.74) is 5.49. The van der Waals surface area contributed by atoms with Gasteiger partial charge in [0.1, 0.15) is 6.10 Å². The summed E-state index contributed by atoms with van der Waals surface area (Å²) in [6.07, 6.45) is 2.45. The lowest BCUT2D eigenvalue weighted by Gasteiger charge is -2.33. The van der Waals surface area contributed by atoms with Crippen molar-refractivity contribution in [2.75, 3.05) is 19.8 Å². The number of amides is 1. The van der Waals surface area contributed by atoms with Crippen molar-refractivity contribution in [3.8, 4) is 0 Å². The minimum atomic E-state index is -0.314. The predicted octanol–water partition coefficient (Wildman–Crippen LogP) is 0.239. The third kappa shape index (κ3) is 2.82. The highest BCUT2D eigenvalue weighted by atomic mass is 16.6. The van der Waals surface area contributed by atoms with Gasteiger partial charge in [0.25, 0.3) is 0 Å². The molecule has 2 rings (SSSR count). The first kappa shape index (κ1) is 10.7. The molecule has 1 saturated heterocycles. The molecule has 0 bridgehead atoms. The van der Waals surface area contributed by atoms with Crippen LogP contribution in [0, 0.1) is 5.92 Å². The molecule has 1 saturated carbocycles. The average molecular weight is 214 g/mol. The molecule has 5 heteroatoms. The van der Waals surface area contributed by atoms with Crippen LogP contribution in [0.25, 0.3) is 0 Å². The zero-order chi connectivity index (χ0) is 10.7. The van der Waals surface area contributed by atoms with Crippen LogP contribution in [-0.2, 0) is 9.47 Å². The van der Waals surface area contributed by atoms with E-state index >= 15 is 0 Å². The predicted molar refractivity (Wildman–Crippen MR) is 54.4 cm³/mol. The van der Waals surface area contributed by atoms with E-state index in [0.717, 1.165) is 25.9 Å². The molecule has 1 atom stereocenters. The summed E-state index contributed by atoms with van der Waals surface area (Å²) in [5.74, 6) is 0.539. The lowest BCUT2D eigenvalue weighted by atomic mass is 9.82. The fourth-order valence-electron chi connectivity index (χ4n) is 1.96. The van der Waals surface area contributed by atoms with E-state index < -0.39 is 0 Å². The Kier molecular flexibility index (Phi) is 3.43. The van der Waals surface area contributed by atoms with Gasteiger partial charge in [0.2, 0.25) is 0 Å². The van der Waals surface area contributed by atoms with E-state index in [4.69, 9.17) is 15.2 Å². The fourth-order valence-corrected chi connectivity index (χ4v) is 1.96. The highest BCUT2D eigenvalue weighted by Crippen LogP contribution is 2.28. The van der Waals surface area contributed by atoms with Gasteiger partial charge < -0.3 is 20.5 Å². The number of hydrogen-bond acceptors (Lipinski definition) is 4. The smallest absolute Gasteiger partial charge is 0.407 e. The van der Waals surface area contributed by atoms with Crippen LogP contribution in [0.1, 0.15) is 19.3 Å². The van der Waals surface area contributed by atoms with Crippen LogP contribution in [0.15, 0.2) is 0 Å². The topological polar surface area (TPSA) is 73.6 Å². The van der Waals surface area contributed by atoms with Crippen LogP contribution in [0.5, 0.6) is 0 Å². The van der Waals surface area contributed by atoms with Gasteiger partial charge in [-0.3, -0.25) is 0 Å². The maximum Gasteiger partial charge on any atom is 0.407 e. The van der Waals surface area contributed by atoms with Crippen LogP contribution in [-0.4, -0.2) is 38.0 Å². The van der Waals surface area contributed by atoms with E-state index in [1.165, 1.54) is 0 Å². The normalized spacial score (nSPS) is 34.6. The van der Waals surface area contributed by atoms with Crippen LogP contribution >= 0.6 is 0 Å². The molecule has 86 valence electrons. The van der Waals surface area contributed by atoms with Gasteiger partial charge in [-0.1, -0.05) is 0 Å². The molecular weight excluding hydrogens is 196 g/mol. The number of carbonyl (C=O) groups is 1. The molecule has 1 aliphatic carbocycles. The molecule has 0 aromatic heterocycles. The van der Waals surface area contributed by atoms with Gasteiger partial charge >= 0.3 is 6.09 Å². The Morgan fingerprint density at radius 2 is 2.33 bits per heavy atom. The maximum absolute atomic E-state index is 11.4. The Bertz CT molecular complexity index is 223. The van der Waals surface area contributed by atoms with E-state index in [1.54, 1.807) is 0 Å². The Balaban J connectivity index is 1.61. The van der Waals surface area contributed by atoms with E-state index in [2.05, 4.69) is 5.32 Å².